The Hall–Kier alpha value is -1.81. The molecule has 0 unspecified atom stereocenters. The number of hydrogen-bond donors (Lipinski definition) is 0. The monoisotopic (exact) mass is 261 g/mol. The fraction of sp³-hybridized carbons (Fsp3) is 0.231. The number of para-hydroxylation sites is 2. The molecule has 1 aromatic carbocycles. The van der Waals surface area contributed by atoms with Gasteiger partial charge in [-0.3, -0.25) is 0 Å². The second-order valence-electron chi connectivity index (χ2n) is 4.04. The van der Waals surface area contributed by atoms with Gasteiger partial charge in [-0.05, 0) is 30.7 Å². The highest BCUT2D eigenvalue weighted by atomic mass is 35.5. The number of fused-ring (bicyclic) bond motifs is 1. The number of rotatable bonds is 1. The molecule has 0 spiro atoms. The van der Waals surface area contributed by atoms with E-state index in [9.17, 15) is 0 Å². The Bertz CT molecular complexity index is 544. The minimum absolute atomic E-state index is 0.401. The van der Waals surface area contributed by atoms with E-state index >= 15 is 0 Å². The number of anilines is 2. The van der Waals surface area contributed by atoms with E-state index in [2.05, 4.69) is 15.1 Å². The smallest absolute Gasteiger partial charge is 0.155 e. The molecule has 0 N–H and O–H groups in total. The van der Waals surface area contributed by atoms with Gasteiger partial charge in [0, 0.05) is 6.54 Å². The van der Waals surface area contributed by atoms with Gasteiger partial charge in [0.25, 0.3) is 0 Å². The summed E-state index contributed by atoms with van der Waals surface area (Å²) in [5.74, 6) is 1.67. The summed E-state index contributed by atoms with van der Waals surface area (Å²) in [6, 6.07) is 11.6. The Kier molecular flexibility index (Phi) is 3.02. The first-order valence-electron chi connectivity index (χ1n) is 5.83. The van der Waals surface area contributed by atoms with Crippen LogP contribution in [0, 0.1) is 0 Å². The fourth-order valence-electron chi connectivity index (χ4n) is 2.02. The molecule has 5 heteroatoms. The summed E-state index contributed by atoms with van der Waals surface area (Å²) in [5, 5.41) is 8.42. The first-order chi connectivity index (χ1) is 8.84. The minimum Gasteiger partial charge on any atom is -0.491 e. The van der Waals surface area contributed by atoms with Crippen molar-refractivity contribution in [2.75, 3.05) is 18.1 Å². The Balaban J connectivity index is 2.03. The molecule has 92 valence electrons. The maximum Gasteiger partial charge on any atom is 0.155 e. The molecule has 1 aliphatic heterocycles. The van der Waals surface area contributed by atoms with Crippen molar-refractivity contribution in [3.8, 4) is 5.75 Å². The van der Waals surface area contributed by atoms with E-state index in [1.807, 2.05) is 30.3 Å². The molecule has 3 rings (SSSR count). The summed E-state index contributed by atoms with van der Waals surface area (Å²) < 4.78 is 5.71. The quantitative estimate of drug-likeness (QED) is 0.791. The maximum atomic E-state index is 5.77. The fourth-order valence-corrected chi connectivity index (χ4v) is 2.12. The summed E-state index contributed by atoms with van der Waals surface area (Å²) in [5.41, 5.74) is 1.02. The second-order valence-corrected chi connectivity index (χ2v) is 4.42. The lowest BCUT2D eigenvalue weighted by molar-refractivity contribution is 0.322. The van der Waals surface area contributed by atoms with E-state index in [1.54, 1.807) is 6.07 Å². The first-order valence-corrected chi connectivity index (χ1v) is 6.21. The average Bonchev–Trinajstić information content (AvgIpc) is 2.62. The topological polar surface area (TPSA) is 38.2 Å². The van der Waals surface area contributed by atoms with Gasteiger partial charge in [-0.25, -0.2) is 0 Å². The van der Waals surface area contributed by atoms with Crippen LogP contribution in [0.2, 0.25) is 5.15 Å². The van der Waals surface area contributed by atoms with Crippen LogP contribution in [0.1, 0.15) is 6.42 Å². The molecule has 0 aliphatic carbocycles. The van der Waals surface area contributed by atoms with Gasteiger partial charge < -0.3 is 9.64 Å². The van der Waals surface area contributed by atoms with E-state index in [-0.39, 0.29) is 0 Å². The van der Waals surface area contributed by atoms with Crippen LogP contribution >= 0.6 is 11.6 Å². The molecule has 0 atom stereocenters. The molecule has 0 saturated heterocycles. The average molecular weight is 262 g/mol. The molecule has 0 amide bonds. The third-order valence-electron chi connectivity index (χ3n) is 2.83. The van der Waals surface area contributed by atoms with Crippen LogP contribution in [0.3, 0.4) is 0 Å². The SMILES string of the molecule is Clc1ccc(N2CCCOc3ccccc32)nn1. The third-order valence-corrected chi connectivity index (χ3v) is 3.04. The number of nitrogens with zero attached hydrogens (tertiary/aromatic N) is 3. The number of hydrogen-bond acceptors (Lipinski definition) is 4. The second kappa shape index (κ2) is 4.82. The molecular formula is C13H12ClN3O. The molecule has 18 heavy (non-hydrogen) atoms. The zero-order chi connectivity index (χ0) is 12.4. The van der Waals surface area contributed by atoms with Gasteiger partial charge in [-0.2, -0.15) is 0 Å². The lowest BCUT2D eigenvalue weighted by Crippen LogP contribution is -2.19. The summed E-state index contributed by atoms with van der Waals surface area (Å²) >= 11 is 5.77. The molecule has 0 radical (unpaired) electrons. The number of aromatic nitrogens is 2. The van der Waals surface area contributed by atoms with E-state index < -0.39 is 0 Å². The highest BCUT2D eigenvalue weighted by Gasteiger charge is 2.18. The minimum atomic E-state index is 0.401. The molecule has 2 aromatic rings. The van der Waals surface area contributed by atoms with E-state index in [4.69, 9.17) is 16.3 Å². The van der Waals surface area contributed by atoms with E-state index in [0.717, 1.165) is 30.2 Å². The van der Waals surface area contributed by atoms with Crippen molar-refractivity contribution in [2.24, 2.45) is 0 Å². The maximum absolute atomic E-state index is 5.77. The molecule has 1 aliphatic rings. The van der Waals surface area contributed by atoms with Gasteiger partial charge in [0.1, 0.15) is 5.75 Å². The van der Waals surface area contributed by atoms with Crippen LogP contribution in [-0.4, -0.2) is 23.3 Å². The van der Waals surface area contributed by atoms with Crippen molar-refractivity contribution in [1.29, 1.82) is 0 Å². The van der Waals surface area contributed by atoms with Gasteiger partial charge in [-0.1, -0.05) is 23.7 Å². The van der Waals surface area contributed by atoms with Crippen LogP contribution in [0.5, 0.6) is 5.75 Å². The summed E-state index contributed by atoms with van der Waals surface area (Å²) in [7, 11) is 0. The van der Waals surface area contributed by atoms with Crippen LogP contribution < -0.4 is 9.64 Å². The summed E-state index contributed by atoms with van der Waals surface area (Å²) in [4.78, 5) is 2.10. The molecule has 0 bridgehead atoms. The van der Waals surface area contributed by atoms with Crippen LogP contribution in [0.15, 0.2) is 36.4 Å². The highest BCUT2D eigenvalue weighted by Crippen LogP contribution is 2.34. The van der Waals surface area contributed by atoms with Crippen LogP contribution in [0.4, 0.5) is 11.5 Å². The van der Waals surface area contributed by atoms with Crippen molar-refractivity contribution in [2.45, 2.75) is 6.42 Å². The van der Waals surface area contributed by atoms with Crippen molar-refractivity contribution >= 4 is 23.1 Å². The number of ether oxygens (including phenoxy) is 1. The number of benzene rings is 1. The van der Waals surface area contributed by atoms with Gasteiger partial charge in [0.05, 0.1) is 12.3 Å². The van der Waals surface area contributed by atoms with E-state index in [1.165, 1.54) is 0 Å². The van der Waals surface area contributed by atoms with Crippen LogP contribution in [0.25, 0.3) is 0 Å². The van der Waals surface area contributed by atoms with Gasteiger partial charge in [0.15, 0.2) is 11.0 Å². The largest absolute Gasteiger partial charge is 0.491 e. The van der Waals surface area contributed by atoms with Gasteiger partial charge in [0.2, 0.25) is 0 Å². The van der Waals surface area contributed by atoms with Crippen molar-refractivity contribution in [3.05, 3.63) is 41.6 Å². The summed E-state index contributed by atoms with van der Waals surface area (Å²) in [6.07, 6.45) is 0.943. The molecule has 4 nitrogen and oxygen atoms in total. The Labute approximate surface area is 110 Å². The molecule has 0 fully saturated rings. The molecule has 0 saturated carbocycles. The first kappa shape index (κ1) is 11.3. The molecule has 2 heterocycles. The van der Waals surface area contributed by atoms with Gasteiger partial charge in [-0.15, -0.1) is 10.2 Å². The van der Waals surface area contributed by atoms with E-state index in [0.29, 0.717) is 11.8 Å². The molecule has 1 aromatic heterocycles. The lowest BCUT2D eigenvalue weighted by Gasteiger charge is -2.21. The van der Waals surface area contributed by atoms with Crippen molar-refractivity contribution < 1.29 is 4.74 Å². The summed E-state index contributed by atoms with van der Waals surface area (Å²) in [6.45, 7) is 1.57. The Morgan fingerprint density at radius 3 is 2.83 bits per heavy atom. The third kappa shape index (κ3) is 2.11. The predicted octanol–water partition coefficient (Wildman–Crippen LogP) is 3.05. The molecular weight excluding hydrogens is 250 g/mol. The predicted molar refractivity (Wildman–Crippen MR) is 70.6 cm³/mol. The van der Waals surface area contributed by atoms with Crippen molar-refractivity contribution in [1.82, 2.24) is 10.2 Å². The van der Waals surface area contributed by atoms with Gasteiger partial charge >= 0.3 is 0 Å². The Morgan fingerprint density at radius 2 is 2.00 bits per heavy atom. The number of halogens is 1. The lowest BCUT2D eigenvalue weighted by atomic mass is 10.2. The van der Waals surface area contributed by atoms with Crippen molar-refractivity contribution in [3.63, 3.8) is 0 Å². The van der Waals surface area contributed by atoms with Crippen LogP contribution in [-0.2, 0) is 0 Å². The zero-order valence-corrected chi connectivity index (χ0v) is 10.5. The highest BCUT2D eigenvalue weighted by molar-refractivity contribution is 6.29. The standard InChI is InChI=1S/C13H12ClN3O/c14-12-6-7-13(16-15-12)17-8-3-9-18-11-5-2-1-4-10(11)17/h1-2,4-7H,3,8-9H2. The zero-order valence-electron chi connectivity index (χ0n) is 9.71. The Morgan fingerprint density at radius 1 is 1.11 bits per heavy atom. The normalized spacial score (nSPS) is 14.6.